The molecule has 0 bridgehead atoms. The second-order valence-corrected chi connectivity index (χ2v) is 5.12. The number of hydrogen-bond donors (Lipinski definition) is 1. The normalized spacial score (nSPS) is 10.7. The van der Waals surface area contributed by atoms with E-state index >= 15 is 0 Å². The monoisotopic (exact) mass is 256 g/mol. The molecule has 1 aromatic carbocycles. The van der Waals surface area contributed by atoms with Crippen LogP contribution in [0.5, 0.6) is 0 Å². The first-order chi connectivity index (χ1) is 9.06. The number of anilines is 1. The minimum Gasteiger partial charge on any atom is -0.380 e. The molecule has 0 fully saturated rings. The Labute approximate surface area is 113 Å². The Morgan fingerprint density at radius 3 is 2.37 bits per heavy atom. The van der Waals surface area contributed by atoms with Crippen molar-refractivity contribution in [2.75, 3.05) is 5.32 Å². The molecule has 1 N–H and O–H groups in total. The van der Waals surface area contributed by atoms with Gasteiger partial charge in [0, 0.05) is 25.9 Å². The topological polar surface area (TPSA) is 34.0 Å². The maximum atomic E-state index is 11.3. The van der Waals surface area contributed by atoms with Crippen LogP contribution in [0.25, 0.3) is 0 Å². The van der Waals surface area contributed by atoms with Crippen LogP contribution in [-0.2, 0) is 13.6 Å². The van der Waals surface area contributed by atoms with Gasteiger partial charge in [-0.15, -0.1) is 0 Å². The highest BCUT2D eigenvalue weighted by Gasteiger charge is 1.99. The standard InChI is InChI=1S/C16H20N2O/c1-12(2)14-6-4-13(5-7-14)10-17-15-8-9-16(19)18(3)11-15/h4-9,11-12,17H,10H2,1-3H3. The largest absolute Gasteiger partial charge is 0.380 e. The van der Waals surface area contributed by atoms with Crippen LogP contribution in [0.3, 0.4) is 0 Å². The second-order valence-electron chi connectivity index (χ2n) is 5.12. The molecule has 0 saturated heterocycles. The second kappa shape index (κ2) is 5.74. The van der Waals surface area contributed by atoms with Gasteiger partial charge in [-0.1, -0.05) is 38.1 Å². The Balaban J connectivity index is 2.02. The van der Waals surface area contributed by atoms with E-state index < -0.39 is 0 Å². The Hall–Kier alpha value is -2.03. The van der Waals surface area contributed by atoms with Gasteiger partial charge in [0.15, 0.2) is 0 Å². The summed E-state index contributed by atoms with van der Waals surface area (Å²) in [5.41, 5.74) is 3.55. The van der Waals surface area contributed by atoms with Crippen LogP contribution in [0.15, 0.2) is 47.4 Å². The Bertz CT molecular complexity index is 597. The summed E-state index contributed by atoms with van der Waals surface area (Å²) in [5.74, 6) is 0.561. The Morgan fingerprint density at radius 1 is 1.11 bits per heavy atom. The van der Waals surface area contributed by atoms with E-state index in [1.54, 1.807) is 17.7 Å². The van der Waals surface area contributed by atoms with E-state index in [-0.39, 0.29) is 5.56 Å². The van der Waals surface area contributed by atoms with Crippen molar-refractivity contribution in [3.63, 3.8) is 0 Å². The molecule has 19 heavy (non-hydrogen) atoms. The zero-order valence-electron chi connectivity index (χ0n) is 11.7. The third-order valence-corrected chi connectivity index (χ3v) is 3.23. The number of nitrogens with zero attached hydrogens (tertiary/aromatic N) is 1. The van der Waals surface area contributed by atoms with Gasteiger partial charge in [-0.3, -0.25) is 4.79 Å². The molecule has 0 aliphatic heterocycles. The fourth-order valence-corrected chi connectivity index (χ4v) is 1.92. The SMILES string of the molecule is CC(C)c1ccc(CNc2ccc(=O)n(C)c2)cc1. The molecule has 100 valence electrons. The molecule has 0 atom stereocenters. The molecule has 0 radical (unpaired) electrons. The fourth-order valence-electron chi connectivity index (χ4n) is 1.92. The van der Waals surface area contributed by atoms with Gasteiger partial charge in [-0.2, -0.15) is 0 Å². The van der Waals surface area contributed by atoms with E-state index in [2.05, 4.69) is 43.4 Å². The van der Waals surface area contributed by atoms with Crippen LogP contribution in [-0.4, -0.2) is 4.57 Å². The van der Waals surface area contributed by atoms with E-state index in [4.69, 9.17) is 0 Å². The highest BCUT2D eigenvalue weighted by molar-refractivity contribution is 5.41. The lowest BCUT2D eigenvalue weighted by Gasteiger charge is -2.09. The van der Waals surface area contributed by atoms with Crippen molar-refractivity contribution >= 4 is 5.69 Å². The van der Waals surface area contributed by atoms with E-state index in [0.717, 1.165) is 12.2 Å². The minimum absolute atomic E-state index is 0.00633. The van der Waals surface area contributed by atoms with Gasteiger partial charge in [0.25, 0.3) is 0 Å². The Kier molecular flexibility index (Phi) is 4.05. The average molecular weight is 256 g/mol. The molecule has 1 heterocycles. The van der Waals surface area contributed by atoms with Crippen molar-refractivity contribution in [1.29, 1.82) is 0 Å². The maximum Gasteiger partial charge on any atom is 0.250 e. The molecule has 2 aromatic rings. The van der Waals surface area contributed by atoms with Gasteiger partial charge >= 0.3 is 0 Å². The summed E-state index contributed by atoms with van der Waals surface area (Å²) in [6, 6.07) is 12.0. The molecule has 3 heteroatoms. The van der Waals surface area contributed by atoms with Gasteiger partial charge < -0.3 is 9.88 Å². The smallest absolute Gasteiger partial charge is 0.250 e. The third-order valence-electron chi connectivity index (χ3n) is 3.23. The number of benzene rings is 1. The van der Waals surface area contributed by atoms with Gasteiger partial charge in [-0.25, -0.2) is 0 Å². The van der Waals surface area contributed by atoms with Crippen molar-refractivity contribution in [1.82, 2.24) is 4.57 Å². The lowest BCUT2D eigenvalue weighted by Crippen LogP contribution is -2.15. The zero-order valence-corrected chi connectivity index (χ0v) is 11.7. The molecular formula is C16H20N2O. The molecule has 0 unspecified atom stereocenters. The van der Waals surface area contributed by atoms with Gasteiger partial charge in [0.1, 0.15) is 0 Å². The quantitative estimate of drug-likeness (QED) is 0.912. The molecule has 0 amide bonds. The third kappa shape index (κ3) is 3.47. The molecule has 0 aliphatic rings. The van der Waals surface area contributed by atoms with Crippen molar-refractivity contribution < 1.29 is 0 Å². The van der Waals surface area contributed by atoms with Gasteiger partial charge in [0.05, 0.1) is 5.69 Å². The van der Waals surface area contributed by atoms with E-state index in [1.807, 2.05) is 12.3 Å². The summed E-state index contributed by atoms with van der Waals surface area (Å²) in [7, 11) is 1.75. The van der Waals surface area contributed by atoms with Gasteiger partial charge in [-0.05, 0) is 23.1 Å². The first-order valence-corrected chi connectivity index (χ1v) is 6.55. The van der Waals surface area contributed by atoms with E-state index in [1.165, 1.54) is 11.1 Å². The van der Waals surface area contributed by atoms with Crippen LogP contribution in [0.4, 0.5) is 5.69 Å². The summed E-state index contributed by atoms with van der Waals surface area (Å²) in [6.45, 7) is 5.14. The Morgan fingerprint density at radius 2 is 1.79 bits per heavy atom. The number of pyridine rings is 1. The lowest BCUT2D eigenvalue weighted by molar-refractivity contribution is 0.858. The van der Waals surface area contributed by atoms with Crippen LogP contribution in [0.1, 0.15) is 30.9 Å². The predicted octanol–water partition coefficient (Wildman–Crippen LogP) is 3.12. The van der Waals surface area contributed by atoms with Crippen LogP contribution in [0.2, 0.25) is 0 Å². The maximum absolute atomic E-state index is 11.3. The summed E-state index contributed by atoms with van der Waals surface area (Å²) < 4.78 is 1.57. The van der Waals surface area contributed by atoms with Crippen molar-refractivity contribution in [2.24, 2.45) is 7.05 Å². The summed E-state index contributed by atoms with van der Waals surface area (Å²) in [6.07, 6.45) is 1.81. The molecular weight excluding hydrogens is 236 g/mol. The van der Waals surface area contributed by atoms with Crippen molar-refractivity contribution in [2.45, 2.75) is 26.3 Å². The minimum atomic E-state index is 0.00633. The fraction of sp³-hybridized carbons (Fsp3) is 0.312. The lowest BCUT2D eigenvalue weighted by atomic mass is 10.0. The molecule has 0 aliphatic carbocycles. The van der Waals surface area contributed by atoms with E-state index in [0.29, 0.717) is 5.92 Å². The number of rotatable bonds is 4. The highest BCUT2D eigenvalue weighted by Crippen LogP contribution is 2.15. The highest BCUT2D eigenvalue weighted by atomic mass is 16.1. The molecule has 0 saturated carbocycles. The van der Waals surface area contributed by atoms with Crippen molar-refractivity contribution in [3.05, 3.63) is 64.1 Å². The molecule has 2 rings (SSSR count). The number of nitrogens with one attached hydrogen (secondary N) is 1. The first-order valence-electron chi connectivity index (χ1n) is 6.55. The van der Waals surface area contributed by atoms with Gasteiger partial charge in [0.2, 0.25) is 5.56 Å². The number of aromatic nitrogens is 1. The molecule has 1 aromatic heterocycles. The van der Waals surface area contributed by atoms with Crippen LogP contribution < -0.4 is 10.9 Å². The first kappa shape index (κ1) is 13.4. The van der Waals surface area contributed by atoms with Crippen molar-refractivity contribution in [3.8, 4) is 0 Å². The number of aryl methyl sites for hydroxylation is 1. The number of hydrogen-bond acceptors (Lipinski definition) is 2. The summed E-state index contributed by atoms with van der Waals surface area (Å²) in [4.78, 5) is 11.3. The van der Waals surface area contributed by atoms with E-state index in [9.17, 15) is 4.79 Å². The molecule has 3 nitrogen and oxygen atoms in total. The predicted molar refractivity (Wildman–Crippen MR) is 79.5 cm³/mol. The molecule has 0 spiro atoms. The summed E-state index contributed by atoms with van der Waals surface area (Å²) >= 11 is 0. The summed E-state index contributed by atoms with van der Waals surface area (Å²) in [5, 5.41) is 3.32. The zero-order chi connectivity index (χ0) is 13.8. The average Bonchev–Trinajstić information content (AvgIpc) is 2.40. The van der Waals surface area contributed by atoms with Crippen LogP contribution in [0, 0.1) is 0 Å². The van der Waals surface area contributed by atoms with Crippen LogP contribution >= 0.6 is 0 Å².